The van der Waals surface area contributed by atoms with Crippen LogP contribution in [0.4, 0.5) is 0 Å². The third kappa shape index (κ3) is 7.58. The number of carbonyl (C=O) groups excluding carboxylic acids is 2. The van der Waals surface area contributed by atoms with E-state index in [2.05, 4.69) is 15.6 Å². The number of halogens is 1. The molecular weight excluding hydrogens is 504 g/mol. The van der Waals surface area contributed by atoms with Gasteiger partial charge in [0.2, 0.25) is 5.91 Å². The summed E-state index contributed by atoms with van der Waals surface area (Å²) in [4.78, 5) is 29.8. The maximum atomic E-state index is 13.0. The van der Waals surface area contributed by atoms with Crippen LogP contribution in [0.3, 0.4) is 0 Å². The highest BCUT2D eigenvalue weighted by Gasteiger charge is 2.24. The Bertz CT molecular complexity index is 1250. The number of nitrogens with one attached hydrogen (secondary N) is 2. The van der Waals surface area contributed by atoms with E-state index in [-0.39, 0.29) is 18.2 Å². The zero-order valence-electron chi connectivity index (χ0n) is 22.7. The van der Waals surface area contributed by atoms with Crippen LogP contribution < -0.4 is 15.4 Å². The van der Waals surface area contributed by atoms with Crippen molar-refractivity contribution in [2.45, 2.75) is 65.1 Å². The summed E-state index contributed by atoms with van der Waals surface area (Å²) in [5.41, 5.74) is 1.99. The van der Waals surface area contributed by atoms with Gasteiger partial charge < -0.3 is 25.0 Å². The molecule has 0 aliphatic carbocycles. The van der Waals surface area contributed by atoms with Crippen molar-refractivity contribution in [2.24, 2.45) is 0 Å². The average Bonchev–Trinajstić information content (AvgIpc) is 3.33. The van der Waals surface area contributed by atoms with Crippen molar-refractivity contribution in [3.8, 4) is 17.0 Å². The van der Waals surface area contributed by atoms with Gasteiger partial charge in [-0.3, -0.25) is 9.59 Å². The highest BCUT2D eigenvalue weighted by atomic mass is 35.5. The molecule has 8 nitrogen and oxygen atoms in total. The highest BCUT2D eigenvalue weighted by molar-refractivity contribution is 6.32. The number of carbonyl (C=O) groups is 2. The Labute approximate surface area is 229 Å². The molecule has 0 aliphatic heterocycles. The first-order chi connectivity index (χ1) is 18.0. The molecule has 0 bridgehead atoms. The molecule has 0 fully saturated rings. The van der Waals surface area contributed by atoms with E-state index in [4.69, 9.17) is 16.3 Å². The van der Waals surface area contributed by atoms with Crippen LogP contribution in [0.5, 0.6) is 5.75 Å². The molecule has 0 spiro atoms. The fourth-order valence-corrected chi connectivity index (χ4v) is 4.36. The third-order valence-corrected chi connectivity index (χ3v) is 6.39. The van der Waals surface area contributed by atoms with Gasteiger partial charge >= 0.3 is 0 Å². The Hall–Kier alpha value is -3.36. The number of aliphatic hydroxyl groups is 1. The van der Waals surface area contributed by atoms with Gasteiger partial charge in [0.05, 0.1) is 17.3 Å². The summed E-state index contributed by atoms with van der Waals surface area (Å²) in [6.07, 6.45) is 3.37. The third-order valence-electron chi connectivity index (χ3n) is 6.10. The van der Waals surface area contributed by atoms with Gasteiger partial charge in [0.25, 0.3) is 5.91 Å². The lowest BCUT2D eigenvalue weighted by Gasteiger charge is -2.19. The van der Waals surface area contributed by atoms with E-state index in [1.807, 2.05) is 48.9 Å². The number of nitrogens with zero attached hydrogens (tertiary/aromatic N) is 2. The Kier molecular flexibility index (Phi) is 9.94. The lowest BCUT2D eigenvalue weighted by atomic mass is 10.0. The Morgan fingerprint density at radius 3 is 2.42 bits per heavy atom. The predicted molar refractivity (Wildman–Crippen MR) is 149 cm³/mol. The second-order valence-electron chi connectivity index (χ2n) is 9.74. The standard InChI is InChI=1S/C29H37ClN4O4/c1-6-14-38-25-13-12-21(16-23(25)30)27(36)32-22(17-26(35)31-5)15-19-8-10-20(11-9-19)24-18-34(7-2)28(33-24)29(3,4)37/h8-13,16,18,22,37H,6-7,14-15,17H2,1-5H3,(H,31,35)(H,32,36)/t22-/m0/s1. The summed E-state index contributed by atoms with van der Waals surface area (Å²) in [5, 5.41) is 16.4. The minimum atomic E-state index is -1.05. The SMILES string of the molecule is CCCOc1ccc(C(=O)N[C@H](CC(=O)NC)Cc2ccc(-c3cn(CC)c(C(C)(C)O)n3)cc2)cc1Cl. The molecular formula is C29H37ClN4O4. The molecule has 2 amide bonds. The van der Waals surface area contributed by atoms with Gasteiger partial charge in [-0.05, 0) is 57.4 Å². The second kappa shape index (κ2) is 12.9. The molecule has 1 heterocycles. The predicted octanol–water partition coefficient (Wildman–Crippen LogP) is 4.72. The van der Waals surface area contributed by atoms with Crippen molar-refractivity contribution in [3.05, 3.63) is 70.6 Å². The van der Waals surface area contributed by atoms with Gasteiger partial charge in [0.1, 0.15) is 17.2 Å². The van der Waals surface area contributed by atoms with Crippen LogP contribution in [0.15, 0.2) is 48.7 Å². The van der Waals surface area contributed by atoms with Crippen molar-refractivity contribution in [1.82, 2.24) is 20.2 Å². The normalized spacial score (nSPS) is 12.2. The molecule has 0 saturated carbocycles. The van der Waals surface area contributed by atoms with Gasteiger partial charge in [-0.2, -0.15) is 0 Å². The summed E-state index contributed by atoms with van der Waals surface area (Å²) in [6, 6.07) is 12.3. The van der Waals surface area contributed by atoms with E-state index in [1.165, 1.54) is 0 Å². The lowest BCUT2D eigenvalue weighted by molar-refractivity contribution is -0.121. The van der Waals surface area contributed by atoms with Gasteiger partial charge in [-0.15, -0.1) is 0 Å². The van der Waals surface area contributed by atoms with Crippen molar-refractivity contribution < 1.29 is 19.4 Å². The first-order valence-corrected chi connectivity index (χ1v) is 13.3. The smallest absolute Gasteiger partial charge is 0.251 e. The fraction of sp³-hybridized carbons (Fsp3) is 0.414. The largest absolute Gasteiger partial charge is 0.492 e. The zero-order chi connectivity index (χ0) is 27.9. The molecule has 204 valence electrons. The fourth-order valence-electron chi connectivity index (χ4n) is 4.12. The Balaban J connectivity index is 1.75. The molecule has 1 aromatic heterocycles. The molecule has 0 saturated heterocycles. The van der Waals surface area contributed by atoms with E-state index >= 15 is 0 Å². The first kappa shape index (κ1) is 29.2. The van der Waals surface area contributed by atoms with Gasteiger partial charge in [-0.25, -0.2) is 4.98 Å². The van der Waals surface area contributed by atoms with Crippen LogP contribution in [-0.4, -0.2) is 46.2 Å². The number of amides is 2. The van der Waals surface area contributed by atoms with Crippen LogP contribution >= 0.6 is 11.6 Å². The summed E-state index contributed by atoms with van der Waals surface area (Å²) >= 11 is 6.30. The molecule has 1 atom stereocenters. The summed E-state index contributed by atoms with van der Waals surface area (Å²) in [6.45, 7) is 8.69. The van der Waals surface area contributed by atoms with Crippen molar-refractivity contribution in [1.29, 1.82) is 0 Å². The molecule has 38 heavy (non-hydrogen) atoms. The number of hydrogen-bond donors (Lipinski definition) is 3. The van der Waals surface area contributed by atoms with Gasteiger partial charge in [0, 0.05) is 43.4 Å². The summed E-state index contributed by atoms with van der Waals surface area (Å²) < 4.78 is 7.52. The summed E-state index contributed by atoms with van der Waals surface area (Å²) in [7, 11) is 1.57. The molecule has 2 aromatic carbocycles. The average molecular weight is 541 g/mol. The molecule has 9 heteroatoms. The monoisotopic (exact) mass is 540 g/mol. The van der Waals surface area contributed by atoms with E-state index < -0.39 is 11.6 Å². The number of aromatic nitrogens is 2. The highest BCUT2D eigenvalue weighted by Crippen LogP contribution is 2.27. The molecule has 3 N–H and O–H groups in total. The number of imidazole rings is 1. The second-order valence-corrected chi connectivity index (χ2v) is 10.1. The number of hydrogen-bond acceptors (Lipinski definition) is 5. The van der Waals surface area contributed by atoms with Gasteiger partial charge in [-0.1, -0.05) is 42.8 Å². The summed E-state index contributed by atoms with van der Waals surface area (Å²) in [5.74, 6) is 0.657. The van der Waals surface area contributed by atoms with Gasteiger partial charge in [0.15, 0.2) is 0 Å². The van der Waals surface area contributed by atoms with E-state index in [0.29, 0.717) is 41.7 Å². The van der Waals surface area contributed by atoms with Crippen molar-refractivity contribution >= 4 is 23.4 Å². The Morgan fingerprint density at radius 2 is 1.87 bits per heavy atom. The van der Waals surface area contributed by atoms with Crippen LogP contribution in [0.2, 0.25) is 5.02 Å². The topological polar surface area (TPSA) is 105 Å². The van der Waals surface area contributed by atoms with Crippen LogP contribution in [0, 0.1) is 0 Å². The Morgan fingerprint density at radius 1 is 1.16 bits per heavy atom. The first-order valence-electron chi connectivity index (χ1n) is 12.9. The minimum Gasteiger partial charge on any atom is -0.492 e. The van der Waals surface area contributed by atoms with E-state index in [1.54, 1.807) is 39.1 Å². The van der Waals surface area contributed by atoms with Crippen LogP contribution in [-0.2, 0) is 23.4 Å². The minimum absolute atomic E-state index is 0.130. The molecule has 0 aliphatic rings. The quantitative estimate of drug-likeness (QED) is 0.308. The van der Waals surface area contributed by atoms with Crippen LogP contribution in [0.1, 0.15) is 62.3 Å². The number of ether oxygens (including phenoxy) is 1. The number of benzene rings is 2. The molecule has 3 rings (SSSR count). The maximum Gasteiger partial charge on any atom is 0.251 e. The van der Waals surface area contributed by atoms with E-state index in [0.717, 1.165) is 23.2 Å². The molecule has 0 radical (unpaired) electrons. The van der Waals surface area contributed by atoms with Crippen molar-refractivity contribution in [3.63, 3.8) is 0 Å². The van der Waals surface area contributed by atoms with E-state index in [9.17, 15) is 14.7 Å². The number of rotatable bonds is 12. The number of aryl methyl sites for hydroxylation is 1. The zero-order valence-corrected chi connectivity index (χ0v) is 23.4. The maximum absolute atomic E-state index is 13.0. The molecule has 0 unspecified atom stereocenters. The lowest BCUT2D eigenvalue weighted by Crippen LogP contribution is -2.40. The van der Waals surface area contributed by atoms with Crippen molar-refractivity contribution in [2.75, 3.05) is 13.7 Å². The van der Waals surface area contributed by atoms with Crippen LogP contribution in [0.25, 0.3) is 11.3 Å². The molecule has 3 aromatic rings.